The standard InChI is InChI=1S/C16H14FNO3/c17-11-5-6-13(14(18)8-11)16(19)20-9-12-7-10-3-1-2-4-15(10)21-12/h1-6,8,12H,7,9,18H2. The van der Waals surface area contributed by atoms with Gasteiger partial charge in [0.25, 0.3) is 0 Å². The van der Waals surface area contributed by atoms with E-state index in [1.54, 1.807) is 0 Å². The number of halogens is 1. The minimum Gasteiger partial charge on any atom is -0.486 e. The zero-order valence-electron chi connectivity index (χ0n) is 11.2. The number of carbonyl (C=O) groups is 1. The second-order valence-corrected chi connectivity index (χ2v) is 4.88. The van der Waals surface area contributed by atoms with E-state index in [4.69, 9.17) is 15.2 Å². The SMILES string of the molecule is Nc1cc(F)ccc1C(=O)OCC1Cc2ccccc2O1. The Bertz CT molecular complexity index is 662. The number of benzene rings is 2. The van der Waals surface area contributed by atoms with Crippen LogP contribution in [0.1, 0.15) is 15.9 Å². The molecular weight excluding hydrogens is 273 g/mol. The molecule has 0 amide bonds. The lowest BCUT2D eigenvalue weighted by Gasteiger charge is -2.12. The van der Waals surface area contributed by atoms with Crippen molar-refractivity contribution in [2.45, 2.75) is 12.5 Å². The minimum absolute atomic E-state index is 0.0654. The number of ether oxygens (including phenoxy) is 2. The molecule has 1 atom stereocenters. The van der Waals surface area contributed by atoms with Crippen molar-refractivity contribution >= 4 is 11.7 Å². The molecule has 108 valence electrons. The third-order valence-corrected chi connectivity index (χ3v) is 3.35. The molecule has 1 aliphatic rings. The van der Waals surface area contributed by atoms with Crippen molar-refractivity contribution in [3.8, 4) is 5.75 Å². The molecule has 2 N–H and O–H groups in total. The zero-order chi connectivity index (χ0) is 14.8. The molecule has 1 unspecified atom stereocenters. The molecule has 0 aliphatic carbocycles. The number of fused-ring (bicyclic) bond motifs is 1. The van der Waals surface area contributed by atoms with Gasteiger partial charge < -0.3 is 15.2 Å². The van der Waals surface area contributed by atoms with Gasteiger partial charge in [-0.2, -0.15) is 0 Å². The monoisotopic (exact) mass is 287 g/mol. The molecule has 5 heteroatoms. The van der Waals surface area contributed by atoms with E-state index < -0.39 is 11.8 Å². The number of anilines is 1. The van der Waals surface area contributed by atoms with Gasteiger partial charge in [-0.1, -0.05) is 18.2 Å². The van der Waals surface area contributed by atoms with Crippen LogP contribution in [0.15, 0.2) is 42.5 Å². The topological polar surface area (TPSA) is 61.6 Å². The molecule has 2 aromatic rings. The fraction of sp³-hybridized carbons (Fsp3) is 0.188. The summed E-state index contributed by atoms with van der Waals surface area (Å²) in [6.45, 7) is 0.129. The minimum atomic E-state index is -0.577. The van der Waals surface area contributed by atoms with E-state index in [-0.39, 0.29) is 24.0 Å². The van der Waals surface area contributed by atoms with Crippen LogP contribution in [0.25, 0.3) is 0 Å². The van der Waals surface area contributed by atoms with E-state index >= 15 is 0 Å². The third kappa shape index (κ3) is 2.81. The molecule has 1 heterocycles. The highest BCUT2D eigenvalue weighted by Gasteiger charge is 2.24. The predicted molar refractivity (Wildman–Crippen MR) is 75.7 cm³/mol. The number of esters is 1. The summed E-state index contributed by atoms with van der Waals surface area (Å²) in [5.74, 6) is -0.245. The average Bonchev–Trinajstić information content (AvgIpc) is 2.87. The summed E-state index contributed by atoms with van der Waals surface area (Å²) in [4.78, 5) is 11.9. The van der Waals surface area contributed by atoms with Crippen molar-refractivity contribution in [2.24, 2.45) is 0 Å². The van der Waals surface area contributed by atoms with Gasteiger partial charge in [0.1, 0.15) is 24.3 Å². The molecule has 0 saturated heterocycles. The van der Waals surface area contributed by atoms with E-state index in [2.05, 4.69) is 0 Å². The Labute approximate surface area is 121 Å². The first-order valence-corrected chi connectivity index (χ1v) is 6.60. The van der Waals surface area contributed by atoms with Crippen molar-refractivity contribution < 1.29 is 18.7 Å². The van der Waals surface area contributed by atoms with Crippen LogP contribution in [0, 0.1) is 5.82 Å². The van der Waals surface area contributed by atoms with Gasteiger partial charge in [-0.25, -0.2) is 9.18 Å². The molecule has 0 aromatic heterocycles. The summed E-state index contributed by atoms with van der Waals surface area (Å²) in [7, 11) is 0. The van der Waals surface area contributed by atoms with Crippen molar-refractivity contribution in [3.63, 3.8) is 0 Å². The van der Waals surface area contributed by atoms with Gasteiger partial charge in [0, 0.05) is 12.1 Å². The van der Waals surface area contributed by atoms with Crippen LogP contribution in [0.3, 0.4) is 0 Å². The van der Waals surface area contributed by atoms with Gasteiger partial charge in [-0.05, 0) is 29.8 Å². The number of hydrogen-bond acceptors (Lipinski definition) is 4. The molecule has 0 spiro atoms. The van der Waals surface area contributed by atoms with Crippen LogP contribution in [0.4, 0.5) is 10.1 Å². The van der Waals surface area contributed by atoms with Crippen LogP contribution in [0.2, 0.25) is 0 Å². The molecule has 0 fully saturated rings. The number of nitrogens with two attached hydrogens (primary N) is 1. The van der Waals surface area contributed by atoms with E-state index in [0.717, 1.165) is 17.4 Å². The van der Waals surface area contributed by atoms with Crippen LogP contribution in [0.5, 0.6) is 5.75 Å². The van der Waals surface area contributed by atoms with Crippen molar-refractivity contribution in [1.82, 2.24) is 0 Å². The lowest BCUT2D eigenvalue weighted by molar-refractivity contribution is 0.0348. The maximum Gasteiger partial charge on any atom is 0.340 e. The molecular formula is C16H14FNO3. The Kier molecular flexibility index (Phi) is 3.48. The number of rotatable bonds is 3. The molecule has 0 radical (unpaired) electrons. The number of nitrogen functional groups attached to an aromatic ring is 1. The first kappa shape index (κ1) is 13.4. The number of carbonyl (C=O) groups excluding carboxylic acids is 1. The van der Waals surface area contributed by atoms with Gasteiger partial charge in [-0.3, -0.25) is 0 Å². The summed E-state index contributed by atoms with van der Waals surface area (Å²) >= 11 is 0. The Balaban J connectivity index is 1.60. The maximum atomic E-state index is 12.9. The van der Waals surface area contributed by atoms with Crippen molar-refractivity contribution in [2.75, 3.05) is 12.3 Å². The summed E-state index contributed by atoms with van der Waals surface area (Å²) in [5.41, 5.74) is 6.92. The van der Waals surface area contributed by atoms with Gasteiger partial charge in [-0.15, -0.1) is 0 Å². The van der Waals surface area contributed by atoms with Crippen LogP contribution < -0.4 is 10.5 Å². The van der Waals surface area contributed by atoms with E-state index in [9.17, 15) is 9.18 Å². The van der Waals surface area contributed by atoms with Gasteiger partial charge in [0.2, 0.25) is 0 Å². The van der Waals surface area contributed by atoms with Crippen molar-refractivity contribution in [3.05, 3.63) is 59.4 Å². The molecule has 2 aromatic carbocycles. The van der Waals surface area contributed by atoms with Crippen molar-refractivity contribution in [1.29, 1.82) is 0 Å². The quantitative estimate of drug-likeness (QED) is 0.696. The second-order valence-electron chi connectivity index (χ2n) is 4.88. The Hall–Kier alpha value is -2.56. The molecule has 0 saturated carbocycles. The Morgan fingerprint density at radius 1 is 1.33 bits per heavy atom. The zero-order valence-corrected chi connectivity index (χ0v) is 11.2. The lowest BCUT2D eigenvalue weighted by atomic mass is 10.1. The molecule has 3 rings (SSSR count). The lowest BCUT2D eigenvalue weighted by Crippen LogP contribution is -2.23. The average molecular weight is 287 g/mol. The van der Waals surface area contributed by atoms with E-state index in [0.29, 0.717) is 6.42 Å². The summed E-state index contributed by atoms with van der Waals surface area (Å²) in [5, 5.41) is 0. The highest BCUT2D eigenvalue weighted by Crippen LogP contribution is 2.28. The van der Waals surface area contributed by atoms with Gasteiger partial charge >= 0.3 is 5.97 Å². The fourth-order valence-electron chi connectivity index (χ4n) is 2.31. The summed E-state index contributed by atoms with van der Waals surface area (Å²) in [6.07, 6.45) is 0.496. The van der Waals surface area contributed by atoms with Crippen LogP contribution >= 0.6 is 0 Å². The molecule has 21 heavy (non-hydrogen) atoms. The highest BCUT2D eigenvalue weighted by molar-refractivity contribution is 5.95. The molecule has 4 nitrogen and oxygen atoms in total. The molecule has 1 aliphatic heterocycles. The predicted octanol–water partition coefficient (Wildman–Crippen LogP) is 2.57. The van der Waals surface area contributed by atoms with E-state index in [1.165, 1.54) is 12.1 Å². The van der Waals surface area contributed by atoms with Crippen LogP contribution in [-0.4, -0.2) is 18.7 Å². The fourth-order valence-corrected chi connectivity index (χ4v) is 2.31. The first-order chi connectivity index (χ1) is 10.1. The second kappa shape index (κ2) is 5.44. The van der Waals surface area contributed by atoms with E-state index in [1.807, 2.05) is 24.3 Å². The smallest absolute Gasteiger partial charge is 0.340 e. The Morgan fingerprint density at radius 3 is 2.90 bits per heavy atom. The highest BCUT2D eigenvalue weighted by atomic mass is 19.1. The normalized spacial score (nSPS) is 16.1. The summed E-state index contributed by atoms with van der Waals surface area (Å²) < 4.78 is 23.8. The number of para-hydroxylation sites is 1. The third-order valence-electron chi connectivity index (χ3n) is 3.35. The van der Waals surface area contributed by atoms with Crippen LogP contribution in [-0.2, 0) is 11.2 Å². The molecule has 0 bridgehead atoms. The number of hydrogen-bond donors (Lipinski definition) is 1. The first-order valence-electron chi connectivity index (χ1n) is 6.60. The largest absolute Gasteiger partial charge is 0.486 e. The maximum absolute atomic E-state index is 12.9. The summed E-state index contributed by atoms with van der Waals surface area (Å²) in [6, 6.07) is 11.3. The van der Waals surface area contributed by atoms with Gasteiger partial charge in [0.15, 0.2) is 0 Å². The Morgan fingerprint density at radius 2 is 2.14 bits per heavy atom. The van der Waals surface area contributed by atoms with Gasteiger partial charge in [0.05, 0.1) is 5.56 Å².